The molecule has 0 amide bonds. The van der Waals surface area contributed by atoms with Gasteiger partial charge in [-0.3, -0.25) is 4.98 Å². The second kappa shape index (κ2) is 3.05. The van der Waals surface area contributed by atoms with Crippen LogP contribution in [0.25, 0.3) is 11.4 Å². The van der Waals surface area contributed by atoms with Crippen molar-refractivity contribution < 1.29 is 0 Å². The van der Waals surface area contributed by atoms with Gasteiger partial charge >= 0.3 is 0 Å². The SMILES string of the molecule is Cc1c[nH]c(-c2cccc(C)n2)c1. The van der Waals surface area contributed by atoms with E-state index in [0.717, 1.165) is 17.1 Å². The molecule has 0 saturated carbocycles. The zero-order valence-electron chi connectivity index (χ0n) is 7.83. The molecule has 0 unspecified atom stereocenters. The number of nitrogens with one attached hydrogen (secondary N) is 1. The highest BCUT2D eigenvalue weighted by atomic mass is 14.8. The van der Waals surface area contributed by atoms with Crippen LogP contribution < -0.4 is 0 Å². The molecule has 1 N–H and O–H groups in total. The Kier molecular flexibility index (Phi) is 1.89. The van der Waals surface area contributed by atoms with Crippen LogP contribution in [0.1, 0.15) is 11.3 Å². The molecule has 13 heavy (non-hydrogen) atoms. The lowest BCUT2D eigenvalue weighted by Gasteiger charge is -1.97. The maximum atomic E-state index is 4.43. The Morgan fingerprint density at radius 1 is 1.23 bits per heavy atom. The first kappa shape index (κ1) is 8.05. The van der Waals surface area contributed by atoms with Gasteiger partial charge < -0.3 is 4.98 Å². The van der Waals surface area contributed by atoms with Crippen LogP contribution in [0.15, 0.2) is 30.5 Å². The first-order valence-corrected chi connectivity index (χ1v) is 4.35. The van der Waals surface area contributed by atoms with Crippen molar-refractivity contribution >= 4 is 0 Å². The highest BCUT2D eigenvalue weighted by molar-refractivity contribution is 5.55. The molecular formula is C11H12N2. The average Bonchev–Trinajstić information content (AvgIpc) is 2.52. The molecule has 0 bridgehead atoms. The summed E-state index contributed by atoms with van der Waals surface area (Å²) in [6.07, 6.45) is 1.99. The fraction of sp³-hybridized carbons (Fsp3) is 0.182. The second-order valence-electron chi connectivity index (χ2n) is 3.25. The third-order valence-electron chi connectivity index (χ3n) is 1.99. The van der Waals surface area contributed by atoms with Crippen molar-refractivity contribution in [2.75, 3.05) is 0 Å². The molecular weight excluding hydrogens is 160 g/mol. The van der Waals surface area contributed by atoms with Crippen LogP contribution in [0.5, 0.6) is 0 Å². The van der Waals surface area contributed by atoms with Crippen molar-refractivity contribution in [3.05, 3.63) is 41.7 Å². The van der Waals surface area contributed by atoms with Gasteiger partial charge in [-0.1, -0.05) is 6.07 Å². The topological polar surface area (TPSA) is 28.7 Å². The molecule has 0 aromatic carbocycles. The Labute approximate surface area is 77.6 Å². The summed E-state index contributed by atoms with van der Waals surface area (Å²) < 4.78 is 0. The van der Waals surface area contributed by atoms with E-state index in [0.29, 0.717) is 0 Å². The number of rotatable bonds is 1. The van der Waals surface area contributed by atoms with Crippen LogP contribution in [-0.4, -0.2) is 9.97 Å². The van der Waals surface area contributed by atoms with Gasteiger partial charge in [-0.25, -0.2) is 0 Å². The molecule has 0 saturated heterocycles. The molecule has 0 aliphatic heterocycles. The smallest absolute Gasteiger partial charge is 0.0867 e. The summed E-state index contributed by atoms with van der Waals surface area (Å²) in [4.78, 5) is 7.61. The van der Waals surface area contributed by atoms with Crippen LogP contribution in [0.4, 0.5) is 0 Å². The van der Waals surface area contributed by atoms with Gasteiger partial charge in [0.25, 0.3) is 0 Å². The highest BCUT2D eigenvalue weighted by Gasteiger charge is 2.00. The van der Waals surface area contributed by atoms with Gasteiger partial charge in [0.15, 0.2) is 0 Å². The number of aryl methyl sites for hydroxylation is 2. The molecule has 0 radical (unpaired) electrons. The first-order chi connectivity index (χ1) is 6.25. The number of aromatic amines is 1. The summed E-state index contributed by atoms with van der Waals surface area (Å²) in [6, 6.07) is 8.13. The predicted molar refractivity (Wildman–Crippen MR) is 53.5 cm³/mol. The summed E-state index contributed by atoms with van der Waals surface area (Å²) in [5.74, 6) is 0. The average molecular weight is 172 g/mol. The van der Waals surface area contributed by atoms with Crippen LogP contribution in [0.2, 0.25) is 0 Å². The van der Waals surface area contributed by atoms with Crippen molar-refractivity contribution in [1.82, 2.24) is 9.97 Å². The molecule has 2 rings (SSSR count). The standard InChI is InChI=1S/C11H12N2/c1-8-6-11(12-7-8)10-5-3-4-9(2)13-10/h3-7,12H,1-2H3. The fourth-order valence-electron chi connectivity index (χ4n) is 1.34. The Balaban J connectivity index is 2.46. The Hall–Kier alpha value is -1.57. The van der Waals surface area contributed by atoms with Crippen LogP contribution in [0.3, 0.4) is 0 Å². The van der Waals surface area contributed by atoms with E-state index >= 15 is 0 Å². The van der Waals surface area contributed by atoms with Gasteiger partial charge in [0.2, 0.25) is 0 Å². The minimum atomic E-state index is 1.01. The van der Waals surface area contributed by atoms with Crippen molar-refractivity contribution in [1.29, 1.82) is 0 Å². The van der Waals surface area contributed by atoms with E-state index in [1.165, 1.54) is 5.56 Å². The molecule has 0 spiro atoms. The van der Waals surface area contributed by atoms with Crippen LogP contribution >= 0.6 is 0 Å². The number of aromatic nitrogens is 2. The highest BCUT2D eigenvalue weighted by Crippen LogP contribution is 2.16. The van der Waals surface area contributed by atoms with E-state index < -0.39 is 0 Å². The van der Waals surface area contributed by atoms with Crippen molar-refractivity contribution in [3.8, 4) is 11.4 Å². The van der Waals surface area contributed by atoms with E-state index in [9.17, 15) is 0 Å². The number of hydrogen-bond acceptors (Lipinski definition) is 1. The Morgan fingerprint density at radius 2 is 2.08 bits per heavy atom. The van der Waals surface area contributed by atoms with Gasteiger partial charge in [-0.15, -0.1) is 0 Å². The number of H-pyrrole nitrogens is 1. The first-order valence-electron chi connectivity index (χ1n) is 4.35. The maximum absolute atomic E-state index is 4.43. The fourth-order valence-corrected chi connectivity index (χ4v) is 1.34. The Bertz CT molecular complexity index is 416. The van der Waals surface area contributed by atoms with Crippen molar-refractivity contribution in [2.45, 2.75) is 13.8 Å². The van der Waals surface area contributed by atoms with Gasteiger partial charge in [-0.05, 0) is 37.6 Å². The largest absolute Gasteiger partial charge is 0.360 e. The molecule has 0 aliphatic rings. The normalized spacial score (nSPS) is 10.3. The van der Waals surface area contributed by atoms with E-state index in [-0.39, 0.29) is 0 Å². The van der Waals surface area contributed by atoms with Gasteiger partial charge in [0.1, 0.15) is 0 Å². The van der Waals surface area contributed by atoms with Crippen LogP contribution in [-0.2, 0) is 0 Å². The van der Waals surface area contributed by atoms with Gasteiger partial charge in [-0.2, -0.15) is 0 Å². The minimum absolute atomic E-state index is 1.01. The molecule has 66 valence electrons. The van der Waals surface area contributed by atoms with E-state index in [1.54, 1.807) is 0 Å². The number of nitrogens with zero attached hydrogens (tertiary/aromatic N) is 1. The van der Waals surface area contributed by atoms with E-state index in [1.807, 2.05) is 31.3 Å². The quantitative estimate of drug-likeness (QED) is 0.704. The minimum Gasteiger partial charge on any atom is -0.360 e. The van der Waals surface area contributed by atoms with Crippen molar-refractivity contribution in [3.63, 3.8) is 0 Å². The lowest BCUT2D eigenvalue weighted by atomic mass is 10.2. The maximum Gasteiger partial charge on any atom is 0.0867 e. The summed E-state index contributed by atoms with van der Waals surface area (Å²) in [7, 11) is 0. The third-order valence-corrected chi connectivity index (χ3v) is 1.99. The summed E-state index contributed by atoms with van der Waals surface area (Å²) in [5.41, 5.74) is 4.37. The zero-order valence-corrected chi connectivity index (χ0v) is 7.83. The van der Waals surface area contributed by atoms with E-state index in [2.05, 4.69) is 23.0 Å². The van der Waals surface area contributed by atoms with E-state index in [4.69, 9.17) is 0 Å². The third kappa shape index (κ3) is 1.61. The molecule has 2 heterocycles. The lowest BCUT2D eigenvalue weighted by Crippen LogP contribution is -1.85. The molecule has 2 heteroatoms. The molecule has 0 aliphatic carbocycles. The second-order valence-corrected chi connectivity index (χ2v) is 3.25. The predicted octanol–water partition coefficient (Wildman–Crippen LogP) is 2.69. The molecule has 2 aromatic heterocycles. The summed E-state index contributed by atoms with van der Waals surface area (Å²) >= 11 is 0. The molecule has 2 nitrogen and oxygen atoms in total. The molecule has 0 fully saturated rings. The monoisotopic (exact) mass is 172 g/mol. The van der Waals surface area contributed by atoms with Gasteiger partial charge in [0, 0.05) is 11.9 Å². The summed E-state index contributed by atoms with van der Waals surface area (Å²) in [6.45, 7) is 4.06. The summed E-state index contributed by atoms with van der Waals surface area (Å²) in [5, 5.41) is 0. The van der Waals surface area contributed by atoms with Gasteiger partial charge in [0.05, 0.1) is 11.4 Å². The number of hydrogen-bond donors (Lipinski definition) is 1. The molecule has 2 aromatic rings. The number of pyridine rings is 1. The Morgan fingerprint density at radius 3 is 2.69 bits per heavy atom. The lowest BCUT2D eigenvalue weighted by molar-refractivity contribution is 1.19. The van der Waals surface area contributed by atoms with Crippen molar-refractivity contribution in [2.24, 2.45) is 0 Å². The zero-order chi connectivity index (χ0) is 9.26. The molecule has 0 atom stereocenters. The van der Waals surface area contributed by atoms with Crippen LogP contribution in [0, 0.1) is 13.8 Å².